The highest BCUT2D eigenvalue weighted by Crippen LogP contribution is 2.26. The van der Waals surface area contributed by atoms with Crippen molar-refractivity contribution in [3.63, 3.8) is 0 Å². The number of carbonyl (C=O) groups excluding carboxylic acids is 1. The molecular formula is C11H7Cl2N5O3. The summed E-state index contributed by atoms with van der Waals surface area (Å²) < 4.78 is 0. The van der Waals surface area contributed by atoms with Crippen molar-refractivity contribution in [2.45, 2.75) is 6.92 Å². The highest BCUT2D eigenvalue weighted by molar-refractivity contribution is 6.32. The van der Waals surface area contributed by atoms with Crippen LogP contribution in [-0.2, 0) is 0 Å². The summed E-state index contributed by atoms with van der Waals surface area (Å²) in [6.07, 6.45) is 1.19. The molecule has 0 spiro atoms. The quantitative estimate of drug-likeness (QED) is 0.401. The Balaban J connectivity index is 2.37. The summed E-state index contributed by atoms with van der Waals surface area (Å²) in [7, 11) is 0. The molecule has 0 unspecified atom stereocenters. The lowest BCUT2D eigenvalue weighted by molar-refractivity contribution is -0.385. The summed E-state index contributed by atoms with van der Waals surface area (Å²) in [5.74, 6) is -0.847. The number of pyridine rings is 1. The minimum Gasteiger partial charge on any atom is -0.290 e. The molecule has 0 fully saturated rings. The molecule has 0 bridgehead atoms. The van der Waals surface area contributed by atoms with Gasteiger partial charge in [0.2, 0.25) is 11.1 Å². The van der Waals surface area contributed by atoms with Crippen LogP contribution in [0.4, 0.5) is 11.6 Å². The number of carbonyl (C=O) groups is 1. The van der Waals surface area contributed by atoms with Crippen LogP contribution in [-0.4, -0.2) is 25.8 Å². The largest absolute Gasteiger partial charge is 0.319 e. The highest BCUT2D eigenvalue weighted by Gasteiger charge is 2.25. The number of hydrogen-bond acceptors (Lipinski definition) is 6. The van der Waals surface area contributed by atoms with Crippen LogP contribution in [0.5, 0.6) is 0 Å². The standard InChI is InChI=1S/C11H7Cl2N5O3/c1-5-4-7(12)16-11(15-5)17-10(19)6-2-3-14-9(13)8(6)18(20)21/h2-4H,1H3,(H,15,16,17,19). The van der Waals surface area contributed by atoms with Crippen molar-refractivity contribution in [1.29, 1.82) is 0 Å². The number of hydrogen-bond donors (Lipinski definition) is 1. The van der Waals surface area contributed by atoms with Crippen molar-refractivity contribution in [2.24, 2.45) is 0 Å². The molecule has 108 valence electrons. The average Bonchev–Trinajstić information content (AvgIpc) is 2.36. The van der Waals surface area contributed by atoms with Crippen LogP contribution in [0, 0.1) is 17.0 Å². The summed E-state index contributed by atoms with van der Waals surface area (Å²) >= 11 is 11.4. The van der Waals surface area contributed by atoms with Crippen molar-refractivity contribution >= 4 is 40.7 Å². The van der Waals surface area contributed by atoms with Gasteiger partial charge in [-0.3, -0.25) is 20.2 Å². The second-order valence-electron chi connectivity index (χ2n) is 3.86. The summed E-state index contributed by atoms with van der Waals surface area (Å²) in [6, 6.07) is 2.68. The summed E-state index contributed by atoms with van der Waals surface area (Å²) in [5.41, 5.74) is -0.302. The van der Waals surface area contributed by atoms with E-state index in [1.165, 1.54) is 18.3 Å². The van der Waals surface area contributed by atoms with Crippen LogP contribution < -0.4 is 5.32 Å². The molecule has 2 rings (SSSR count). The molecule has 0 aliphatic heterocycles. The number of anilines is 1. The zero-order chi connectivity index (χ0) is 15.6. The smallest absolute Gasteiger partial charge is 0.290 e. The van der Waals surface area contributed by atoms with Gasteiger partial charge in [-0.1, -0.05) is 23.2 Å². The van der Waals surface area contributed by atoms with Gasteiger partial charge in [0.15, 0.2) is 0 Å². The van der Waals surface area contributed by atoms with E-state index in [4.69, 9.17) is 23.2 Å². The molecule has 0 aliphatic carbocycles. The van der Waals surface area contributed by atoms with Crippen molar-refractivity contribution in [2.75, 3.05) is 5.32 Å². The van der Waals surface area contributed by atoms with E-state index in [1.807, 2.05) is 0 Å². The Kier molecular flexibility index (Phi) is 4.29. The van der Waals surface area contributed by atoms with Crippen molar-refractivity contribution < 1.29 is 9.72 Å². The predicted molar refractivity (Wildman–Crippen MR) is 75.6 cm³/mol. The molecule has 21 heavy (non-hydrogen) atoms. The lowest BCUT2D eigenvalue weighted by atomic mass is 10.2. The Morgan fingerprint density at radius 3 is 2.71 bits per heavy atom. The first-order chi connectivity index (χ1) is 9.88. The van der Waals surface area contributed by atoms with Gasteiger partial charge >= 0.3 is 5.69 Å². The van der Waals surface area contributed by atoms with E-state index >= 15 is 0 Å². The molecule has 0 saturated heterocycles. The lowest BCUT2D eigenvalue weighted by Crippen LogP contribution is -2.16. The van der Waals surface area contributed by atoms with E-state index in [0.29, 0.717) is 5.69 Å². The Hall–Kier alpha value is -2.32. The third-order valence-electron chi connectivity index (χ3n) is 2.36. The van der Waals surface area contributed by atoms with Gasteiger partial charge in [-0.2, -0.15) is 0 Å². The molecule has 0 radical (unpaired) electrons. The van der Waals surface area contributed by atoms with Gasteiger partial charge in [-0.15, -0.1) is 0 Å². The molecule has 10 heteroatoms. The van der Waals surface area contributed by atoms with Crippen LogP contribution >= 0.6 is 23.2 Å². The monoisotopic (exact) mass is 327 g/mol. The molecule has 2 aromatic rings. The minimum absolute atomic E-state index is 0.0627. The number of nitrogens with one attached hydrogen (secondary N) is 1. The van der Waals surface area contributed by atoms with Gasteiger partial charge in [0, 0.05) is 11.9 Å². The number of nitro groups is 1. The van der Waals surface area contributed by atoms with E-state index in [2.05, 4.69) is 20.3 Å². The maximum Gasteiger partial charge on any atom is 0.319 e. The van der Waals surface area contributed by atoms with Gasteiger partial charge in [0.05, 0.1) is 4.92 Å². The molecule has 1 N–H and O–H groups in total. The predicted octanol–water partition coefficient (Wildman–Crippen LogP) is 2.65. The summed E-state index contributed by atoms with van der Waals surface area (Å²) in [6.45, 7) is 1.66. The molecule has 0 atom stereocenters. The zero-order valence-electron chi connectivity index (χ0n) is 10.5. The second-order valence-corrected chi connectivity index (χ2v) is 4.61. The topological polar surface area (TPSA) is 111 Å². The van der Waals surface area contributed by atoms with E-state index < -0.39 is 16.5 Å². The van der Waals surface area contributed by atoms with Gasteiger partial charge in [0.25, 0.3) is 5.91 Å². The molecule has 0 saturated carbocycles. The first-order valence-electron chi connectivity index (χ1n) is 5.50. The fourth-order valence-electron chi connectivity index (χ4n) is 1.54. The minimum atomic E-state index is -0.785. The van der Waals surface area contributed by atoms with Crippen LogP contribution in [0.15, 0.2) is 18.3 Å². The molecule has 2 aromatic heterocycles. The fraction of sp³-hybridized carbons (Fsp3) is 0.0909. The van der Waals surface area contributed by atoms with Gasteiger partial charge < -0.3 is 0 Å². The first-order valence-corrected chi connectivity index (χ1v) is 6.25. The molecule has 2 heterocycles. The number of aromatic nitrogens is 3. The van der Waals surface area contributed by atoms with Crippen LogP contribution in [0.2, 0.25) is 10.3 Å². The number of amides is 1. The number of halogens is 2. The number of aryl methyl sites for hydroxylation is 1. The van der Waals surface area contributed by atoms with Crippen molar-refractivity contribution in [3.8, 4) is 0 Å². The molecule has 0 aromatic carbocycles. The van der Waals surface area contributed by atoms with Gasteiger partial charge in [0.1, 0.15) is 10.7 Å². The Labute approximate surface area is 128 Å². The van der Waals surface area contributed by atoms with Gasteiger partial charge in [-0.25, -0.2) is 15.0 Å². The third kappa shape index (κ3) is 3.41. The van der Waals surface area contributed by atoms with Crippen LogP contribution in [0.3, 0.4) is 0 Å². The van der Waals surface area contributed by atoms with Gasteiger partial charge in [-0.05, 0) is 19.1 Å². The Bertz CT molecular complexity index is 718. The summed E-state index contributed by atoms with van der Waals surface area (Å²) in [5, 5.41) is 13.0. The van der Waals surface area contributed by atoms with Crippen LogP contribution in [0.1, 0.15) is 16.1 Å². The zero-order valence-corrected chi connectivity index (χ0v) is 12.0. The molecule has 0 aliphatic rings. The van der Waals surface area contributed by atoms with E-state index in [-0.39, 0.29) is 21.8 Å². The van der Waals surface area contributed by atoms with E-state index in [1.54, 1.807) is 6.92 Å². The normalized spacial score (nSPS) is 10.2. The lowest BCUT2D eigenvalue weighted by Gasteiger charge is -2.06. The molecule has 1 amide bonds. The Morgan fingerprint density at radius 2 is 2.10 bits per heavy atom. The fourth-order valence-corrected chi connectivity index (χ4v) is 2.01. The number of nitrogens with zero attached hydrogens (tertiary/aromatic N) is 4. The Morgan fingerprint density at radius 1 is 1.38 bits per heavy atom. The maximum absolute atomic E-state index is 12.1. The van der Waals surface area contributed by atoms with E-state index in [0.717, 1.165) is 0 Å². The summed E-state index contributed by atoms with van der Waals surface area (Å²) in [4.78, 5) is 33.6. The van der Waals surface area contributed by atoms with Crippen molar-refractivity contribution in [1.82, 2.24) is 15.0 Å². The second kappa shape index (κ2) is 5.98. The maximum atomic E-state index is 12.1. The molecular weight excluding hydrogens is 321 g/mol. The number of rotatable bonds is 3. The van der Waals surface area contributed by atoms with Crippen molar-refractivity contribution in [3.05, 3.63) is 50.0 Å². The van der Waals surface area contributed by atoms with E-state index in [9.17, 15) is 14.9 Å². The van der Waals surface area contributed by atoms with Crippen LogP contribution in [0.25, 0.3) is 0 Å². The molecule has 8 nitrogen and oxygen atoms in total. The highest BCUT2D eigenvalue weighted by atomic mass is 35.5. The third-order valence-corrected chi connectivity index (χ3v) is 2.83. The average molecular weight is 328 g/mol. The SMILES string of the molecule is Cc1cc(Cl)nc(NC(=O)c2ccnc(Cl)c2[N+](=O)[O-])n1. The first kappa shape index (κ1) is 15.1.